The summed E-state index contributed by atoms with van der Waals surface area (Å²) in [5.41, 5.74) is 1.19. The topological polar surface area (TPSA) is 50.8 Å². The highest BCUT2D eigenvalue weighted by Gasteiger charge is 2.29. The van der Waals surface area contributed by atoms with Gasteiger partial charge in [0.05, 0.1) is 13.2 Å². The Morgan fingerprint density at radius 3 is 2.74 bits per heavy atom. The van der Waals surface area contributed by atoms with Gasteiger partial charge in [0.2, 0.25) is 0 Å². The lowest BCUT2D eigenvalue weighted by Gasteiger charge is -2.17. The van der Waals surface area contributed by atoms with Gasteiger partial charge in [0.25, 0.3) is 0 Å². The van der Waals surface area contributed by atoms with Crippen molar-refractivity contribution >= 4 is 6.03 Å². The summed E-state index contributed by atoms with van der Waals surface area (Å²) in [5.74, 6) is 1.63. The second kappa shape index (κ2) is 7.68. The Morgan fingerprint density at radius 2 is 2.04 bits per heavy atom. The van der Waals surface area contributed by atoms with Crippen LogP contribution in [0.3, 0.4) is 0 Å². The van der Waals surface area contributed by atoms with E-state index in [1.165, 1.54) is 18.4 Å². The molecule has 1 aromatic rings. The van der Waals surface area contributed by atoms with Crippen LogP contribution in [-0.2, 0) is 11.2 Å². The summed E-state index contributed by atoms with van der Waals surface area (Å²) < 4.78 is 11.0. The van der Waals surface area contributed by atoms with Crippen molar-refractivity contribution in [3.63, 3.8) is 0 Å². The van der Waals surface area contributed by atoms with Crippen LogP contribution in [0.1, 0.15) is 24.8 Å². The smallest absolute Gasteiger partial charge is 0.317 e. The van der Waals surface area contributed by atoms with Crippen LogP contribution in [-0.4, -0.2) is 50.4 Å². The number of amides is 2. The predicted octanol–water partition coefficient (Wildman–Crippen LogP) is 2.45. The zero-order valence-corrected chi connectivity index (χ0v) is 13.8. The molecule has 5 nitrogen and oxygen atoms in total. The molecule has 0 radical (unpaired) electrons. The number of hydrogen-bond donors (Lipinski definition) is 1. The summed E-state index contributed by atoms with van der Waals surface area (Å²) in [4.78, 5) is 14.0. The van der Waals surface area contributed by atoms with E-state index in [1.807, 2.05) is 29.2 Å². The average molecular weight is 318 g/mol. The van der Waals surface area contributed by atoms with E-state index < -0.39 is 0 Å². The number of carbonyl (C=O) groups is 1. The van der Waals surface area contributed by atoms with Gasteiger partial charge in [-0.3, -0.25) is 0 Å². The van der Waals surface area contributed by atoms with Crippen molar-refractivity contribution in [1.82, 2.24) is 10.2 Å². The van der Waals surface area contributed by atoms with Crippen molar-refractivity contribution in [3.8, 4) is 5.75 Å². The first-order chi connectivity index (χ1) is 11.2. The molecule has 126 valence electrons. The summed E-state index contributed by atoms with van der Waals surface area (Å²) in [5, 5.41) is 3.00. The van der Waals surface area contributed by atoms with Gasteiger partial charge < -0.3 is 19.7 Å². The molecule has 1 N–H and O–H groups in total. The van der Waals surface area contributed by atoms with Crippen molar-refractivity contribution in [1.29, 1.82) is 0 Å². The number of methoxy groups -OCH3 is 1. The molecule has 1 unspecified atom stereocenters. The quantitative estimate of drug-likeness (QED) is 0.840. The third-order valence-corrected chi connectivity index (χ3v) is 4.55. The number of hydrogen-bond acceptors (Lipinski definition) is 3. The number of carbonyl (C=O) groups excluding carboxylic acids is 1. The van der Waals surface area contributed by atoms with Gasteiger partial charge in [-0.15, -0.1) is 0 Å². The van der Waals surface area contributed by atoms with E-state index in [0.717, 1.165) is 44.2 Å². The molecule has 0 bridgehead atoms. The molecule has 1 aliphatic carbocycles. The van der Waals surface area contributed by atoms with Crippen LogP contribution in [0.4, 0.5) is 4.79 Å². The molecular formula is C18H26N2O3. The van der Waals surface area contributed by atoms with E-state index >= 15 is 0 Å². The molecule has 5 heteroatoms. The summed E-state index contributed by atoms with van der Waals surface area (Å²) in [7, 11) is 1.66. The molecule has 2 fully saturated rings. The highest BCUT2D eigenvalue weighted by molar-refractivity contribution is 5.74. The summed E-state index contributed by atoms with van der Waals surface area (Å²) >= 11 is 0. The summed E-state index contributed by atoms with van der Waals surface area (Å²) in [6.45, 7) is 3.04. The lowest BCUT2D eigenvalue weighted by Crippen LogP contribution is -2.40. The molecule has 1 atom stereocenters. The molecule has 0 aromatic heterocycles. The van der Waals surface area contributed by atoms with Crippen molar-refractivity contribution < 1.29 is 14.3 Å². The number of benzene rings is 1. The predicted molar refractivity (Wildman–Crippen MR) is 88.8 cm³/mol. The fourth-order valence-corrected chi connectivity index (χ4v) is 2.82. The fraction of sp³-hybridized carbons (Fsp3) is 0.611. The molecule has 1 saturated heterocycles. The highest BCUT2D eigenvalue weighted by Crippen LogP contribution is 2.30. The molecule has 2 amide bonds. The van der Waals surface area contributed by atoms with Gasteiger partial charge in [0.15, 0.2) is 0 Å². The van der Waals surface area contributed by atoms with Crippen LogP contribution in [0.2, 0.25) is 0 Å². The minimum atomic E-state index is 0.0241. The molecule has 1 heterocycles. The van der Waals surface area contributed by atoms with E-state index in [0.29, 0.717) is 6.54 Å². The Kier molecular flexibility index (Phi) is 5.39. The fourth-order valence-electron chi connectivity index (χ4n) is 2.82. The molecular weight excluding hydrogens is 292 g/mol. The van der Waals surface area contributed by atoms with Gasteiger partial charge in [-0.2, -0.15) is 0 Å². The van der Waals surface area contributed by atoms with Crippen LogP contribution in [0.25, 0.3) is 0 Å². The van der Waals surface area contributed by atoms with E-state index in [4.69, 9.17) is 9.47 Å². The number of ether oxygens (including phenoxy) is 2. The SMILES string of the molecule is COc1ccc(CCNC(=O)N2CCC(OCC3CC3)C2)cc1. The molecule has 1 aliphatic heterocycles. The number of likely N-dealkylation sites (tertiary alicyclic amines) is 1. The van der Waals surface area contributed by atoms with E-state index in [-0.39, 0.29) is 12.1 Å². The second-order valence-electron chi connectivity index (χ2n) is 6.46. The second-order valence-corrected chi connectivity index (χ2v) is 6.46. The van der Waals surface area contributed by atoms with Crippen LogP contribution < -0.4 is 10.1 Å². The average Bonchev–Trinajstić information content (AvgIpc) is 3.29. The van der Waals surface area contributed by atoms with Crippen LogP contribution in [0.15, 0.2) is 24.3 Å². The van der Waals surface area contributed by atoms with Crippen molar-refractivity contribution in [2.45, 2.75) is 31.8 Å². The zero-order chi connectivity index (χ0) is 16.1. The maximum absolute atomic E-state index is 12.2. The Balaban J connectivity index is 1.34. The van der Waals surface area contributed by atoms with Gasteiger partial charge in [0.1, 0.15) is 5.75 Å². The number of nitrogens with one attached hydrogen (secondary N) is 1. The Labute approximate surface area is 137 Å². The van der Waals surface area contributed by atoms with Gasteiger partial charge in [-0.25, -0.2) is 4.79 Å². The maximum Gasteiger partial charge on any atom is 0.317 e. The minimum Gasteiger partial charge on any atom is -0.497 e. The van der Waals surface area contributed by atoms with E-state index in [1.54, 1.807) is 7.11 Å². The van der Waals surface area contributed by atoms with Gasteiger partial charge in [0, 0.05) is 26.2 Å². The highest BCUT2D eigenvalue weighted by atomic mass is 16.5. The first kappa shape index (κ1) is 16.1. The van der Waals surface area contributed by atoms with Gasteiger partial charge in [-0.1, -0.05) is 12.1 Å². The van der Waals surface area contributed by atoms with Crippen molar-refractivity contribution in [3.05, 3.63) is 29.8 Å². The Hall–Kier alpha value is -1.75. The molecule has 2 aliphatic rings. The first-order valence-corrected chi connectivity index (χ1v) is 8.52. The molecule has 3 rings (SSSR count). The first-order valence-electron chi connectivity index (χ1n) is 8.52. The van der Waals surface area contributed by atoms with Crippen LogP contribution in [0, 0.1) is 5.92 Å². The Bertz CT molecular complexity index is 514. The minimum absolute atomic E-state index is 0.0241. The third kappa shape index (κ3) is 4.86. The molecule has 23 heavy (non-hydrogen) atoms. The molecule has 1 saturated carbocycles. The lowest BCUT2D eigenvalue weighted by molar-refractivity contribution is 0.0538. The van der Waals surface area contributed by atoms with Gasteiger partial charge >= 0.3 is 6.03 Å². The standard InChI is InChI=1S/C18H26N2O3/c1-22-16-6-4-14(5-7-16)8-10-19-18(21)20-11-9-17(12-20)23-13-15-2-3-15/h4-7,15,17H,2-3,8-13H2,1H3,(H,19,21). The van der Waals surface area contributed by atoms with Crippen molar-refractivity contribution in [2.75, 3.05) is 33.4 Å². The Morgan fingerprint density at radius 1 is 1.26 bits per heavy atom. The summed E-state index contributed by atoms with van der Waals surface area (Å²) in [6.07, 6.45) is 4.62. The monoisotopic (exact) mass is 318 g/mol. The number of rotatable bonds is 7. The maximum atomic E-state index is 12.2. The number of nitrogens with zero attached hydrogens (tertiary/aromatic N) is 1. The van der Waals surface area contributed by atoms with Gasteiger partial charge in [-0.05, 0) is 49.3 Å². The van der Waals surface area contributed by atoms with E-state index in [2.05, 4.69) is 5.32 Å². The lowest BCUT2D eigenvalue weighted by atomic mass is 10.1. The largest absolute Gasteiger partial charge is 0.497 e. The molecule has 0 spiro atoms. The van der Waals surface area contributed by atoms with Crippen molar-refractivity contribution in [2.24, 2.45) is 5.92 Å². The van der Waals surface area contributed by atoms with Crippen LogP contribution in [0.5, 0.6) is 5.75 Å². The van der Waals surface area contributed by atoms with Crippen LogP contribution >= 0.6 is 0 Å². The zero-order valence-electron chi connectivity index (χ0n) is 13.8. The van der Waals surface area contributed by atoms with E-state index in [9.17, 15) is 4.79 Å². The summed E-state index contributed by atoms with van der Waals surface area (Å²) in [6, 6.07) is 7.97. The third-order valence-electron chi connectivity index (χ3n) is 4.55. The normalized spacial score (nSPS) is 20.6. The number of urea groups is 1. The molecule has 1 aromatic carbocycles.